The van der Waals surface area contributed by atoms with Crippen LogP contribution in [0.5, 0.6) is 5.75 Å². The lowest BCUT2D eigenvalue weighted by Gasteiger charge is -2.11. The van der Waals surface area contributed by atoms with E-state index in [1.54, 1.807) is 19.4 Å². The average molecular weight is 274 g/mol. The third-order valence-corrected chi connectivity index (χ3v) is 3.12. The van der Waals surface area contributed by atoms with Gasteiger partial charge in [0.2, 0.25) is 0 Å². The molecule has 106 valence electrons. The number of imidazole rings is 1. The summed E-state index contributed by atoms with van der Waals surface area (Å²) in [5, 5.41) is 11.7. The predicted octanol–water partition coefficient (Wildman–Crippen LogP) is 1.60. The van der Waals surface area contributed by atoms with Gasteiger partial charge in [-0.1, -0.05) is 18.1 Å². The van der Waals surface area contributed by atoms with Crippen LogP contribution in [0, 0.1) is 0 Å². The lowest BCUT2D eigenvalue weighted by molar-refractivity contribution is 0.318. The zero-order valence-corrected chi connectivity index (χ0v) is 11.6. The van der Waals surface area contributed by atoms with E-state index in [9.17, 15) is 0 Å². The molecule has 6 heteroatoms. The molecule has 0 radical (unpaired) electrons. The fourth-order valence-corrected chi connectivity index (χ4v) is 2.09. The molecule has 0 aliphatic heterocycles. The molecule has 0 unspecified atom stereocenters. The quantitative estimate of drug-likeness (QED) is 0.375. The Hall–Kier alpha value is -2.50. The van der Waals surface area contributed by atoms with E-state index in [1.807, 2.05) is 18.3 Å². The van der Waals surface area contributed by atoms with Gasteiger partial charge in [0.1, 0.15) is 11.6 Å². The highest BCUT2D eigenvalue weighted by molar-refractivity contribution is 5.99. The first-order valence-corrected chi connectivity index (χ1v) is 6.34. The highest BCUT2D eigenvalue weighted by atomic mass is 16.5. The van der Waals surface area contributed by atoms with E-state index in [1.165, 1.54) is 0 Å². The van der Waals surface area contributed by atoms with Crippen molar-refractivity contribution < 1.29 is 9.94 Å². The molecule has 0 atom stereocenters. The summed E-state index contributed by atoms with van der Waals surface area (Å²) in [7, 11) is 1.56. The Kier molecular flexibility index (Phi) is 4.24. The first-order valence-electron chi connectivity index (χ1n) is 6.34. The van der Waals surface area contributed by atoms with E-state index in [-0.39, 0.29) is 5.84 Å². The number of ether oxygens (including phenoxy) is 1. The van der Waals surface area contributed by atoms with Gasteiger partial charge in [0.05, 0.1) is 12.7 Å². The van der Waals surface area contributed by atoms with Crippen LogP contribution < -0.4 is 10.5 Å². The minimum Gasteiger partial charge on any atom is -0.496 e. The van der Waals surface area contributed by atoms with Crippen molar-refractivity contribution in [2.24, 2.45) is 10.9 Å². The smallest absolute Gasteiger partial charge is 0.173 e. The van der Waals surface area contributed by atoms with Crippen molar-refractivity contribution in [3.8, 4) is 5.75 Å². The lowest BCUT2D eigenvalue weighted by atomic mass is 10.1. The molecule has 20 heavy (non-hydrogen) atoms. The van der Waals surface area contributed by atoms with Gasteiger partial charge in [-0.25, -0.2) is 4.98 Å². The summed E-state index contributed by atoms with van der Waals surface area (Å²) in [6.45, 7) is 2.77. The molecule has 2 rings (SSSR count). The monoisotopic (exact) mass is 274 g/mol. The molecule has 0 fully saturated rings. The normalized spacial score (nSPS) is 11.6. The van der Waals surface area contributed by atoms with Crippen LogP contribution in [0.1, 0.15) is 23.9 Å². The summed E-state index contributed by atoms with van der Waals surface area (Å²) in [4.78, 5) is 4.29. The molecule has 0 aliphatic carbocycles. The van der Waals surface area contributed by atoms with E-state index in [0.717, 1.165) is 17.8 Å². The van der Waals surface area contributed by atoms with Gasteiger partial charge in [0, 0.05) is 25.4 Å². The van der Waals surface area contributed by atoms with Crippen molar-refractivity contribution in [2.45, 2.75) is 19.9 Å². The van der Waals surface area contributed by atoms with Crippen LogP contribution in [0.4, 0.5) is 0 Å². The van der Waals surface area contributed by atoms with Crippen molar-refractivity contribution in [2.75, 3.05) is 7.11 Å². The van der Waals surface area contributed by atoms with Crippen LogP contribution >= 0.6 is 0 Å². The van der Waals surface area contributed by atoms with Gasteiger partial charge >= 0.3 is 0 Å². The number of nitrogens with two attached hydrogens (primary N) is 1. The Bertz CT molecular complexity index is 619. The van der Waals surface area contributed by atoms with Gasteiger partial charge in [-0.2, -0.15) is 0 Å². The van der Waals surface area contributed by atoms with Gasteiger partial charge in [0.25, 0.3) is 0 Å². The summed E-state index contributed by atoms with van der Waals surface area (Å²) in [5.74, 6) is 1.64. The van der Waals surface area contributed by atoms with Crippen LogP contribution in [-0.4, -0.2) is 27.7 Å². The van der Waals surface area contributed by atoms with E-state index < -0.39 is 0 Å². The number of hydrogen-bond donors (Lipinski definition) is 2. The average Bonchev–Trinajstić information content (AvgIpc) is 2.93. The minimum atomic E-state index is 0.0327. The fraction of sp³-hybridized carbons (Fsp3) is 0.286. The van der Waals surface area contributed by atoms with Crippen LogP contribution in [0.2, 0.25) is 0 Å². The molecule has 0 aliphatic rings. The Morgan fingerprint density at radius 3 is 2.95 bits per heavy atom. The molecule has 6 nitrogen and oxygen atoms in total. The van der Waals surface area contributed by atoms with Gasteiger partial charge in [-0.15, -0.1) is 0 Å². The van der Waals surface area contributed by atoms with E-state index in [4.69, 9.17) is 15.7 Å². The molecule has 0 amide bonds. The predicted molar refractivity (Wildman–Crippen MR) is 76.2 cm³/mol. The highest BCUT2D eigenvalue weighted by Gasteiger charge is 2.09. The molecular formula is C14H18N4O2. The highest BCUT2D eigenvalue weighted by Crippen LogP contribution is 2.21. The molecule has 3 N–H and O–H groups in total. The zero-order chi connectivity index (χ0) is 14.5. The Morgan fingerprint density at radius 2 is 2.30 bits per heavy atom. The van der Waals surface area contributed by atoms with Crippen molar-refractivity contribution in [1.29, 1.82) is 0 Å². The molecule has 1 heterocycles. The van der Waals surface area contributed by atoms with E-state index in [0.29, 0.717) is 17.9 Å². The molecule has 0 saturated carbocycles. The second-order valence-corrected chi connectivity index (χ2v) is 4.34. The number of methoxy groups -OCH3 is 1. The standard InChI is InChI=1S/C14H18N4O2/c1-3-13-16-6-7-18(13)9-10-4-5-11(14(15)17-19)12(8-10)20-2/h4-8,19H,3,9H2,1-2H3,(H2,15,17). The summed E-state index contributed by atoms with van der Waals surface area (Å²) in [5.41, 5.74) is 7.24. The Labute approximate surface area is 117 Å². The van der Waals surface area contributed by atoms with Crippen molar-refractivity contribution in [1.82, 2.24) is 9.55 Å². The first-order chi connectivity index (χ1) is 9.69. The van der Waals surface area contributed by atoms with E-state index in [2.05, 4.69) is 21.6 Å². The summed E-state index contributed by atoms with van der Waals surface area (Å²) < 4.78 is 7.37. The maximum absolute atomic E-state index is 8.75. The van der Waals surface area contributed by atoms with Crippen LogP contribution in [0.25, 0.3) is 0 Å². The molecule has 0 saturated heterocycles. The summed E-state index contributed by atoms with van der Waals surface area (Å²) in [6.07, 6.45) is 4.62. The van der Waals surface area contributed by atoms with E-state index >= 15 is 0 Å². The van der Waals surface area contributed by atoms with Gasteiger partial charge in [-0.05, 0) is 17.7 Å². The molecule has 1 aromatic heterocycles. The molecule has 0 spiro atoms. The third-order valence-electron chi connectivity index (χ3n) is 3.12. The van der Waals surface area contributed by atoms with Crippen LogP contribution in [-0.2, 0) is 13.0 Å². The number of amidine groups is 1. The number of rotatable bonds is 5. The molecule has 0 bridgehead atoms. The van der Waals surface area contributed by atoms with Gasteiger partial charge in [0.15, 0.2) is 5.84 Å². The Balaban J connectivity index is 2.30. The fourth-order valence-electron chi connectivity index (χ4n) is 2.09. The second kappa shape index (κ2) is 6.10. The minimum absolute atomic E-state index is 0.0327. The van der Waals surface area contributed by atoms with Crippen LogP contribution in [0.15, 0.2) is 35.7 Å². The second-order valence-electron chi connectivity index (χ2n) is 4.34. The number of hydrogen-bond acceptors (Lipinski definition) is 4. The lowest BCUT2D eigenvalue weighted by Crippen LogP contribution is -2.14. The molecule has 2 aromatic rings. The maximum Gasteiger partial charge on any atom is 0.173 e. The molecular weight excluding hydrogens is 256 g/mol. The summed E-state index contributed by atoms with van der Waals surface area (Å²) in [6, 6.07) is 5.59. The van der Waals surface area contributed by atoms with Crippen molar-refractivity contribution in [3.63, 3.8) is 0 Å². The third kappa shape index (κ3) is 2.74. The zero-order valence-electron chi connectivity index (χ0n) is 11.6. The van der Waals surface area contributed by atoms with Gasteiger partial charge in [-0.3, -0.25) is 0 Å². The maximum atomic E-state index is 8.75. The topological polar surface area (TPSA) is 85.7 Å². The van der Waals surface area contributed by atoms with Gasteiger partial charge < -0.3 is 20.2 Å². The van der Waals surface area contributed by atoms with Crippen molar-refractivity contribution >= 4 is 5.84 Å². The Morgan fingerprint density at radius 1 is 1.50 bits per heavy atom. The van der Waals surface area contributed by atoms with Crippen molar-refractivity contribution in [3.05, 3.63) is 47.5 Å². The number of oxime groups is 1. The largest absolute Gasteiger partial charge is 0.496 e. The number of benzene rings is 1. The van der Waals surface area contributed by atoms with Crippen LogP contribution in [0.3, 0.4) is 0 Å². The summed E-state index contributed by atoms with van der Waals surface area (Å²) >= 11 is 0. The number of aryl methyl sites for hydroxylation is 1. The first kappa shape index (κ1) is 13.9. The number of aromatic nitrogens is 2. The number of nitrogens with zero attached hydrogens (tertiary/aromatic N) is 3. The SMILES string of the molecule is CCc1nccn1Cc1ccc(/C(N)=N/O)c(OC)c1. The molecule has 1 aromatic carbocycles.